The number of allylic oxidation sites excluding steroid dienone is 1. The molecule has 0 fully saturated rings. The number of nitrogens with zero attached hydrogens (tertiary/aromatic N) is 3. The number of hydrogen-bond acceptors (Lipinski definition) is 4. The van der Waals surface area contributed by atoms with Gasteiger partial charge in [-0.05, 0) is 32.0 Å². The highest BCUT2D eigenvalue weighted by molar-refractivity contribution is 5.80. The van der Waals surface area contributed by atoms with Crippen LogP contribution in [0.25, 0.3) is 22.2 Å². The van der Waals surface area contributed by atoms with Crippen LogP contribution in [-0.2, 0) is 11.3 Å². The van der Waals surface area contributed by atoms with Crippen molar-refractivity contribution < 1.29 is 13.5 Å². The summed E-state index contributed by atoms with van der Waals surface area (Å²) >= 11 is 0. The summed E-state index contributed by atoms with van der Waals surface area (Å²) in [6, 6.07) is 4.50. The Hall–Kier alpha value is -2.96. The molecule has 128 valence electrons. The van der Waals surface area contributed by atoms with E-state index in [-0.39, 0.29) is 11.8 Å². The van der Waals surface area contributed by atoms with Gasteiger partial charge < -0.3 is 10.1 Å². The first-order valence-electron chi connectivity index (χ1n) is 7.89. The van der Waals surface area contributed by atoms with Gasteiger partial charge in [0, 0.05) is 29.1 Å². The van der Waals surface area contributed by atoms with Crippen molar-refractivity contribution in [1.29, 1.82) is 0 Å². The molecule has 1 aromatic carbocycles. The number of nitrogens with one attached hydrogen (secondary N) is 1. The lowest BCUT2D eigenvalue weighted by Gasteiger charge is -2.13. The molecule has 1 unspecified atom stereocenters. The van der Waals surface area contributed by atoms with Gasteiger partial charge in [0.1, 0.15) is 22.9 Å². The average molecular weight is 342 g/mol. The van der Waals surface area contributed by atoms with Crippen LogP contribution in [0.2, 0.25) is 0 Å². The predicted molar refractivity (Wildman–Crippen MR) is 89.4 cm³/mol. The van der Waals surface area contributed by atoms with Gasteiger partial charge in [-0.2, -0.15) is 5.10 Å². The summed E-state index contributed by atoms with van der Waals surface area (Å²) in [4.78, 5) is 4.34. The predicted octanol–water partition coefficient (Wildman–Crippen LogP) is 3.49. The van der Waals surface area contributed by atoms with Crippen molar-refractivity contribution in [2.24, 2.45) is 0 Å². The summed E-state index contributed by atoms with van der Waals surface area (Å²) in [5.74, 6) is -0.329. The number of benzene rings is 1. The highest BCUT2D eigenvalue weighted by Gasteiger charge is 2.18. The van der Waals surface area contributed by atoms with E-state index in [2.05, 4.69) is 15.4 Å². The molecule has 1 aliphatic heterocycles. The van der Waals surface area contributed by atoms with Crippen molar-refractivity contribution in [2.75, 3.05) is 0 Å². The Morgan fingerprint density at radius 3 is 2.84 bits per heavy atom. The topological polar surface area (TPSA) is 52.0 Å². The zero-order valence-corrected chi connectivity index (χ0v) is 13.8. The largest absolute Gasteiger partial charge is 0.472 e. The van der Waals surface area contributed by atoms with Crippen molar-refractivity contribution in [3.8, 4) is 11.1 Å². The molecule has 0 saturated carbocycles. The molecule has 1 aliphatic rings. The third-order valence-corrected chi connectivity index (χ3v) is 4.27. The van der Waals surface area contributed by atoms with Crippen LogP contribution in [0, 0.1) is 18.6 Å². The molecule has 3 heterocycles. The Morgan fingerprint density at radius 1 is 1.24 bits per heavy atom. The monoisotopic (exact) mass is 342 g/mol. The van der Waals surface area contributed by atoms with Crippen LogP contribution < -0.4 is 5.32 Å². The summed E-state index contributed by atoms with van der Waals surface area (Å²) in [6.45, 7) is 3.77. The van der Waals surface area contributed by atoms with Crippen LogP contribution in [0.1, 0.15) is 12.5 Å². The molecule has 7 heteroatoms. The molecule has 2 aromatic heterocycles. The van der Waals surface area contributed by atoms with E-state index in [9.17, 15) is 8.78 Å². The molecule has 0 radical (unpaired) electrons. The van der Waals surface area contributed by atoms with Gasteiger partial charge in [-0.3, -0.25) is 9.67 Å². The zero-order valence-electron chi connectivity index (χ0n) is 13.8. The van der Waals surface area contributed by atoms with Gasteiger partial charge in [-0.1, -0.05) is 0 Å². The Balaban J connectivity index is 1.72. The normalized spacial score (nSPS) is 16.6. The minimum atomic E-state index is -0.576. The maximum absolute atomic E-state index is 14.4. The van der Waals surface area contributed by atoms with E-state index in [1.54, 1.807) is 29.3 Å². The van der Waals surface area contributed by atoms with Crippen molar-refractivity contribution in [1.82, 2.24) is 20.1 Å². The molecule has 0 saturated heterocycles. The second-order valence-corrected chi connectivity index (χ2v) is 6.02. The lowest BCUT2D eigenvalue weighted by Crippen LogP contribution is -2.27. The number of pyridine rings is 1. The van der Waals surface area contributed by atoms with Gasteiger partial charge in [-0.15, -0.1) is 0 Å². The lowest BCUT2D eigenvalue weighted by molar-refractivity contribution is 0.110. The standard InChI is InChI=1S/C18H16F2N4O/c1-10-6-22-17(25-10)9-24-16-5-12(7-21-15(16)8-23-24)13-3-4-14(19)11(2)18(13)20/h3-8,17,22H,9H2,1-2H3. The molecular weight excluding hydrogens is 326 g/mol. The molecule has 3 aromatic rings. The summed E-state index contributed by atoms with van der Waals surface area (Å²) in [6.07, 6.45) is 4.81. The molecule has 5 nitrogen and oxygen atoms in total. The smallest absolute Gasteiger partial charge is 0.188 e. The van der Waals surface area contributed by atoms with Gasteiger partial charge in [0.05, 0.1) is 18.3 Å². The van der Waals surface area contributed by atoms with Crippen LogP contribution in [0.5, 0.6) is 0 Å². The first-order valence-corrected chi connectivity index (χ1v) is 7.89. The average Bonchev–Trinajstić information content (AvgIpc) is 3.19. The van der Waals surface area contributed by atoms with Crippen LogP contribution in [0.15, 0.2) is 42.6 Å². The molecule has 1 atom stereocenters. The first-order chi connectivity index (χ1) is 12.0. The van der Waals surface area contributed by atoms with Crippen molar-refractivity contribution >= 4 is 11.0 Å². The third-order valence-electron chi connectivity index (χ3n) is 4.27. The second-order valence-electron chi connectivity index (χ2n) is 6.02. The minimum absolute atomic E-state index is 0.00351. The second kappa shape index (κ2) is 5.84. The molecule has 1 N–H and O–H groups in total. The minimum Gasteiger partial charge on any atom is -0.472 e. The van der Waals surface area contributed by atoms with Gasteiger partial charge in [0.2, 0.25) is 0 Å². The number of aromatic nitrogens is 3. The van der Waals surface area contributed by atoms with Gasteiger partial charge in [-0.25, -0.2) is 8.78 Å². The van der Waals surface area contributed by atoms with Crippen LogP contribution in [0.3, 0.4) is 0 Å². The van der Waals surface area contributed by atoms with Crippen molar-refractivity contribution in [3.63, 3.8) is 0 Å². The van der Waals surface area contributed by atoms with E-state index in [0.29, 0.717) is 23.2 Å². The molecular formula is C18H16F2N4O. The van der Waals surface area contributed by atoms with Crippen molar-refractivity contribution in [2.45, 2.75) is 26.6 Å². The molecule has 25 heavy (non-hydrogen) atoms. The highest BCUT2D eigenvalue weighted by atomic mass is 19.1. The molecule has 4 rings (SSSR count). The number of hydrogen-bond donors (Lipinski definition) is 1. The quantitative estimate of drug-likeness (QED) is 0.792. The van der Waals surface area contributed by atoms with E-state index in [4.69, 9.17) is 4.74 Å². The Labute approximate surface area is 142 Å². The van der Waals surface area contributed by atoms with Crippen LogP contribution in [0.4, 0.5) is 8.78 Å². The Bertz CT molecular complexity index is 996. The number of ether oxygens (including phenoxy) is 1. The highest BCUT2D eigenvalue weighted by Crippen LogP contribution is 2.28. The van der Waals surface area contributed by atoms with Gasteiger partial charge in [0.25, 0.3) is 0 Å². The van der Waals surface area contributed by atoms with Gasteiger partial charge >= 0.3 is 0 Å². The van der Waals surface area contributed by atoms with E-state index >= 15 is 0 Å². The molecule has 0 amide bonds. The summed E-state index contributed by atoms with van der Waals surface area (Å²) in [7, 11) is 0. The van der Waals surface area contributed by atoms with E-state index in [1.807, 2.05) is 6.92 Å². The van der Waals surface area contributed by atoms with Crippen molar-refractivity contribution in [3.05, 3.63) is 59.7 Å². The fourth-order valence-corrected chi connectivity index (χ4v) is 2.88. The Kier molecular flexibility index (Phi) is 3.63. The fraction of sp³-hybridized carbons (Fsp3) is 0.222. The SMILES string of the molecule is CC1=CNC(Cn2ncc3ncc(-c4ccc(F)c(C)c4F)cc32)O1. The zero-order chi connectivity index (χ0) is 17.6. The molecule has 0 bridgehead atoms. The van der Waals surface area contributed by atoms with E-state index in [1.165, 1.54) is 19.1 Å². The summed E-state index contributed by atoms with van der Waals surface area (Å²) in [5, 5.41) is 7.44. The van der Waals surface area contributed by atoms with Gasteiger partial charge in [0.15, 0.2) is 6.23 Å². The maximum atomic E-state index is 14.4. The van der Waals surface area contributed by atoms with Crippen LogP contribution >= 0.6 is 0 Å². The molecule has 0 aliphatic carbocycles. The number of halogens is 2. The number of rotatable bonds is 3. The van der Waals surface area contributed by atoms with Crippen LogP contribution in [-0.4, -0.2) is 21.0 Å². The fourth-order valence-electron chi connectivity index (χ4n) is 2.88. The van der Waals surface area contributed by atoms with E-state index < -0.39 is 11.6 Å². The summed E-state index contributed by atoms with van der Waals surface area (Å²) in [5.41, 5.74) is 2.34. The third kappa shape index (κ3) is 2.71. The molecule has 0 spiro atoms. The first kappa shape index (κ1) is 15.6. The van der Waals surface area contributed by atoms with E-state index in [0.717, 1.165) is 11.3 Å². The summed E-state index contributed by atoms with van der Waals surface area (Å²) < 4.78 is 35.3. The lowest BCUT2D eigenvalue weighted by atomic mass is 10.0. The Morgan fingerprint density at radius 2 is 2.08 bits per heavy atom. The number of fused-ring (bicyclic) bond motifs is 1. The maximum Gasteiger partial charge on any atom is 0.188 e.